The molecule has 0 saturated carbocycles. The summed E-state index contributed by atoms with van der Waals surface area (Å²) >= 11 is 5.28. The van der Waals surface area contributed by atoms with E-state index in [4.69, 9.17) is 0 Å². The maximum absolute atomic E-state index is 4.22. The average molecular weight is 340 g/mol. The van der Waals surface area contributed by atoms with Crippen LogP contribution in [0.5, 0.6) is 0 Å². The van der Waals surface area contributed by atoms with E-state index >= 15 is 0 Å². The van der Waals surface area contributed by atoms with E-state index in [2.05, 4.69) is 62.6 Å². The highest BCUT2D eigenvalue weighted by Gasteiger charge is 2.08. The third-order valence-electron chi connectivity index (χ3n) is 2.87. The second-order valence-electron chi connectivity index (χ2n) is 4.37. The summed E-state index contributed by atoms with van der Waals surface area (Å²) in [4.78, 5) is 7.84. The molecule has 0 aliphatic carbocycles. The maximum Gasteiger partial charge on any atom is 0.0520 e. The van der Waals surface area contributed by atoms with Crippen LogP contribution in [0.2, 0.25) is 0 Å². The number of nitrogens with one attached hydrogen (secondary N) is 1. The summed E-state index contributed by atoms with van der Waals surface area (Å²) in [6.07, 6.45) is 3.80. The van der Waals surface area contributed by atoms with Crippen molar-refractivity contribution in [2.45, 2.75) is 20.0 Å². The molecule has 0 aliphatic heterocycles. The summed E-state index contributed by atoms with van der Waals surface area (Å²) in [7, 11) is 2.12. The SMILES string of the molecule is CCNCc1cnccc1N(C)Cc1cc(Br)cs1. The van der Waals surface area contributed by atoms with E-state index < -0.39 is 0 Å². The summed E-state index contributed by atoms with van der Waals surface area (Å²) in [5.74, 6) is 0. The molecule has 2 heterocycles. The third-order valence-corrected chi connectivity index (χ3v) is 4.55. The number of nitrogens with zero attached hydrogens (tertiary/aromatic N) is 2. The highest BCUT2D eigenvalue weighted by Crippen LogP contribution is 2.24. The van der Waals surface area contributed by atoms with Crippen molar-refractivity contribution in [3.63, 3.8) is 0 Å². The van der Waals surface area contributed by atoms with Crippen LogP contribution < -0.4 is 10.2 Å². The van der Waals surface area contributed by atoms with Gasteiger partial charge >= 0.3 is 0 Å². The molecular weight excluding hydrogens is 322 g/mol. The Bertz CT molecular complexity index is 527. The Balaban J connectivity index is 2.11. The van der Waals surface area contributed by atoms with E-state index in [-0.39, 0.29) is 0 Å². The first-order chi connectivity index (χ1) is 9.20. The molecule has 0 amide bonds. The maximum atomic E-state index is 4.22. The lowest BCUT2D eigenvalue weighted by molar-refractivity contribution is 0.721. The lowest BCUT2D eigenvalue weighted by Gasteiger charge is -2.21. The Morgan fingerprint density at radius 3 is 3.00 bits per heavy atom. The monoisotopic (exact) mass is 339 g/mol. The fourth-order valence-electron chi connectivity index (χ4n) is 1.94. The van der Waals surface area contributed by atoms with Crippen LogP contribution in [0, 0.1) is 0 Å². The minimum Gasteiger partial charge on any atom is -0.369 e. The van der Waals surface area contributed by atoms with Gasteiger partial charge in [-0.3, -0.25) is 4.98 Å². The Kier molecular flexibility index (Phi) is 5.36. The fraction of sp³-hybridized carbons (Fsp3) is 0.357. The minimum atomic E-state index is 0.859. The van der Waals surface area contributed by atoms with Crippen molar-refractivity contribution in [3.8, 4) is 0 Å². The predicted molar refractivity (Wildman–Crippen MR) is 85.7 cm³/mol. The molecule has 102 valence electrons. The smallest absolute Gasteiger partial charge is 0.0520 e. The highest BCUT2D eigenvalue weighted by atomic mass is 79.9. The molecule has 2 rings (SSSR count). The lowest BCUT2D eigenvalue weighted by atomic mass is 10.2. The quantitative estimate of drug-likeness (QED) is 0.870. The molecule has 3 nitrogen and oxygen atoms in total. The summed E-state index contributed by atoms with van der Waals surface area (Å²) in [5.41, 5.74) is 2.47. The van der Waals surface area contributed by atoms with Crippen molar-refractivity contribution < 1.29 is 0 Å². The molecule has 0 spiro atoms. The Labute approximate surface area is 126 Å². The first-order valence-electron chi connectivity index (χ1n) is 6.28. The standard InChI is InChI=1S/C14H18BrN3S/c1-3-16-7-11-8-17-5-4-14(11)18(2)9-13-6-12(15)10-19-13/h4-6,8,10,16H,3,7,9H2,1-2H3. The fourth-order valence-corrected chi connectivity index (χ4v) is 3.45. The van der Waals surface area contributed by atoms with E-state index in [0.717, 1.165) is 24.1 Å². The van der Waals surface area contributed by atoms with Crippen LogP contribution in [-0.4, -0.2) is 18.6 Å². The van der Waals surface area contributed by atoms with E-state index in [1.165, 1.54) is 16.1 Å². The van der Waals surface area contributed by atoms with Gasteiger partial charge in [0.2, 0.25) is 0 Å². The third kappa shape index (κ3) is 4.03. The molecule has 0 aromatic carbocycles. The van der Waals surface area contributed by atoms with Gasteiger partial charge in [0.25, 0.3) is 0 Å². The van der Waals surface area contributed by atoms with Gasteiger partial charge in [0.1, 0.15) is 0 Å². The normalized spacial score (nSPS) is 10.7. The summed E-state index contributed by atoms with van der Waals surface area (Å²) in [6, 6.07) is 4.25. The molecule has 0 unspecified atom stereocenters. The molecule has 0 atom stereocenters. The molecule has 1 N–H and O–H groups in total. The van der Waals surface area contributed by atoms with E-state index in [1.54, 1.807) is 11.3 Å². The summed E-state index contributed by atoms with van der Waals surface area (Å²) in [5, 5.41) is 5.48. The number of anilines is 1. The second kappa shape index (κ2) is 7.03. The number of hydrogen-bond donors (Lipinski definition) is 1. The zero-order valence-corrected chi connectivity index (χ0v) is 13.6. The Morgan fingerprint density at radius 2 is 2.32 bits per heavy atom. The Morgan fingerprint density at radius 1 is 1.47 bits per heavy atom. The van der Waals surface area contributed by atoms with E-state index in [1.807, 2.05) is 12.4 Å². The van der Waals surface area contributed by atoms with Crippen LogP contribution in [0.15, 0.2) is 34.4 Å². The van der Waals surface area contributed by atoms with Gasteiger partial charge in [-0.05, 0) is 34.6 Å². The van der Waals surface area contributed by atoms with Gasteiger partial charge in [-0.2, -0.15) is 0 Å². The van der Waals surface area contributed by atoms with Gasteiger partial charge in [0, 0.05) is 52.0 Å². The van der Waals surface area contributed by atoms with E-state index in [0.29, 0.717) is 0 Å². The number of rotatable bonds is 6. The van der Waals surface area contributed by atoms with Crippen LogP contribution in [0.3, 0.4) is 0 Å². The predicted octanol–water partition coefficient (Wildman–Crippen LogP) is 3.65. The molecule has 0 saturated heterocycles. The molecule has 19 heavy (non-hydrogen) atoms. The molecule has 0 fully saturated rings. The molecule has 5 heteroatoms. The second-order valence-corrected chi connectivity index (χ2v) is 6.28. The number of hydrogen-bond acceptors (Lipinski definition) is 4. The van der Waals surface area contributed by atoms with Gasteiger partial charge in [-0.1, -0.05) is 6.92 Å². The largest absolute Gasteiger partial charge is 0.369 e. The van der Waals surface area contributed by atoms with Crippen molar-refractivity contribution in [2.75, 3.05) is 18.5 Å². The average Bonchev–Trinajstić information content (AvgIpc) is 2.82. The number of pyridine rings is 1. The highest BCUT2D eigenvalue weighted by molar-refractivity contribution is 9.10. The van der Waals surface area contributed by atoms with Gasteiger partial charge in [-0.25, -0.2) is 0 Å². The van der Waals surface area contributed by atoms with Crippen LogP contribution in [-0.2, 0) is 13.1 Å². The zero-order valence-electron chi connectivity index (χ0n) is 11.2. The molecule has 0 aliphatic rings. The van der Waals surface area contributed by atoms with Crippen molar-refractivity contribution in [2.24, 2.45) is 0 Å². The van der Waals surface area contributed by atoms with Crippen molar-refractivity contribution in [1.82, 2.24) is 10.3 Å². The first kappa shape index (κ1) is 14.5. The molecule has 0 radical (unpaired) electrons. The molecule has 0 bridgehead atoms. The first-order valence-corrected chi connectivity index (χ1v) is 7.95. The van der Waals surface area contributed by atoms with Crippen LogP contribution in [0.4, 0.5) is 5.69 Å². The summed E-state index contributed by atoms with van der Waals surface area (Å²) in [6.45, 7) is 4.86. The zero-order chi connectivity index (χ0) is 13.7. The van der Waals surface area contributed by atoms with Crippen molar-refractivity contribution in [3.05, 3.63) is 44.8 Å². The van der Waals surface area contributed by atoms with Gasteiger partial charge in [0.15, 0.2) is 0 Å². The number of thiophene rings is 1. The van der Waals surface area contributed by atoms with Crippen LogP contribution >= 0.6 is 27.3 Å². The van der Waals surface area contributed by atoms with Crippen molar-refractivity contribution in [1.29, 1.82) is 0 Å². The minimum absolute atomic E-state index is 0.859. The van der Waals surface area contributed by atoms with Gasteiger partial charge in [-0.15, -0.1) is 11.3 Å². The van der Waals surface area contributed by atoms with Gasteiger partial charge in [0.05, 0.1) is 6.54 Å². The molecule has 2 aromatic heterocycles. The van der Waals surface area contributed by atoms with Crippen molar-refractivity contribution >= 4 is 33.0 Å². The summed E-state index contributed by atoms with van der Waals surface area (Å²) < 4.78 is 1.16. The van der Waals surface area contributed by atoms with Crippen LogP contribution in [0.25, 0.3) is 0 Å². The lowest BCUT2D eigenvalue weighted by Crippen LogP contribution is -2.20. The van der Waals surface area contributed by atoms with E-state index in [9.17, 15) is 0 Å². The molecule has 2 aromatic rings. The number of aromatic nitrogens is 1. The van der Waals surface area contributed by atoms with Crippen LogP contribution in [0.1, 0.15) is 17.4 Å². The molecular formula is C14H18BrN3S. The van der Waals surface area contributed by atoms with Gasteiger partial charge < -0.3 is 10.2 Å². The topological polar surface area (TPSA) is 28.2 Å². The Hall–Kier alpha value is -0.910. The number of halogens is 1.